The number of ether oxygens (including phenoxy) is 1. The van der Waals surface area contributed by atoms with Crippen molar-refractivity contribution in [3.05, 3.63) is 23.7 Å². The summed E-state index contributed by atoms with van der Waals surface area (Å²) in [5.74, 6) is 1.43. The van der Waals surface area contributed by atoms with Crippen LogP contribution in [0.1, 0.15) is 36.5 Å². The Kier molecular flexibility index (Phi) is 3.94. The van der Waals surface area contributed by atoms with Gasteiger partial charge in [-0.2, -0.15) is 0 Å². The lowest BCUT2D eigenvalue weighted by molar-refractivity contribution is 0.0484. The molecule has 1 aliphatic rings. The monoisotopic (exact) mass is 293 g/mol. The van der Waals surface area contributed by atoms with Crippen LogP contribution in [0.4, 0.5) is 0 Å². The lowest BCUT2D eigenvalue weighted by Crippen LogP contribution is -2.23. The van der Waals surface area contributed by atoms with E-state index in [2.05, 4.69) is 20.6 Å². The standard InChI is InChI=1S/C15H20ClN3O/c1-10-6-13-15(17-7-10)19(14(18-13)11(2)16)8-12-4-3-5-20-9-12/h6-7,11-12H,3-5,8-9H2,1-2H3. The molecule has 3 rings (SSSR count). The third-order valence-corrected chi connectivity index (χ3v) is 4.00. The van der Waals surface area contributed by atoms with E-state index in [-0.39, 0.29) is 5.38 Å². The number of hydrogen-bond donors (Lipinski definition) is 0. The minimum atomic E-state index is -0.117. The van der Waals surface area contributed by atoms with Crippen molar-refractivity contribution in [2.75, 3.05) is 13.2 Å². The highest BCUT2D eigenvalue weighted by atomic mass is 35.5. The maximum Gasteiger partial charge on any atom is 0.160 e. The summed E-state index contributed by atoms with van der Waals surface area (Å²) in [6.45, 7) is 6.59. The van der Waals surface area contributed by atoms with Crippen molar-refractivity contribution in [1.82, 2.24) is 14.5 Å². The van der Waals surface area contributed by atoms with Gasteiger partial charge in [0.15, 0.2) is 5.65 Å². The summed E-state index contributed by atoms with van der Waals surface area (Å²) in [5, 5.41) is -0.117. The summed E-state index contributed by atoms with van der Waals surface area (Å²) >= 11 is 6.29. The van der Waals surface area contributed by atoms with Crippen LogP contribution >= 0.6 is 11.6 Å². The van der Waals surface area contributed by atoms with Crippen molar-refractivity contribution in [1.29, 1.82) is 0 Å². The average molecular weight is 294 g/mol. The summed E-state index contributed by atoms with van der Waals surface area (Å²) in [4.78, 5) is 9.22. The molecule has 5 heteroatoms. The fourth-order valence-electron chi connectivity index (χ4n) is 2.82. The second-order valence-corrected chi connectivity index (χ2v) is 6.29. The predicted octanol–water partition coefficient (Wildman–Crippen LogP) is 3.47. The van der Waals surface area contributed by atoms with Gasteiger partial charge in [0.05, 0.1) is 12.0 Å². The van der Waals surface area contributed by atoms with Crippen LogP contribution in [0, 0.1) is 12.8 Å². The molecule has 2 aromatic heterocycles. The minimum Gasteiger partial charge on any atom is -0.381 e. The van der Waals surface area contributed by atoms with Crippen molar-refractivity contribution in [2.45, 2.75) is 38.6 Å². The number of fused-ring (bicyclic) bond motifs is 1. The number of aromatic nitrogens is 3. The zero-order valence-electron chi connectivity index (χ0n) is 12.0. The first-order chi connectivity index (χ1) is 9.65. The Morgan fingerprint density at radius 3 is 3.10 bits per heavy atom. The highest BCUT2D eigenvalue weighted by Crippen LogP contribution is 2.26. The molecule has 2 aromatic rings. The van der Waals surface area contributed by atoms with Crippen LogP contribution in [-0.4, -0.2) is 27.7 Å². The van der Waals surface area contributed by atoms with E-state index in [0.29, 0.717) is 5.92 Å². The molecule has 20 heavy (non-hydrogen) atoms. The molecule has 2 atom stereocenters. The molecule has 0 radical (unpaired) electrons. The van der Waals surface area contributed by atoms with Crippen molar-refractivity contribution in [2.24, 2.45) is 5.92 Å². The third kappa shape index (κ3) is 2.67. The Hall–Kier alpha value is -1.13. The van der Waals surface area contributed by atoms with Crippen molar-refractivity contribution in [3.63, 3.8) is 0 Å². The Labute approximate surface area is 124 Å². The van der Waals surface area contributed by atoms with E-state index >= 15 is 0 Å². The number of halogens is 1. The number of alkyl halides is 1. The maximum absolute atomic E-state index is 6.29. The fraction of sp³-hybridized carbons (Fsp3) is 0.600. The van der Waals surface area contributed by atoms with Crippen molar-refractivity contribution in [3.8, 4) is 0 Å². The van der Waals surface area contributed by atoms with Gasteiger partial charge in [0.25, 0.3) is 0 Å². The summed E-state index contributed by atoms with van der Waals surface area (Å²) in [6, 6.07) is 2.07. The van der Waals surface area contributed by atoms with Gasteiger partial charge in [-0.05, 0) is 38.3 Å². The molecule has 1 fully saturated rings. The molecular weight excluding hydrogens is 274 g/mol. The zero-order chi connectivity index (χ0) is 14.1. The molecule has 0 aliphatic carbocycles. The maximum atomic E-state index is 6.29. The molecule has 0 amide bonds. The topological polar surface area (TPSA) is 39.9 Å². The number of aryl methyl sites for hydroxylation is 1. The van der Waals surface area contributed by atoms with Gasteiger partial charge >= 0.3 is 0 Å². The molecule has 4 nitrogen and oxygen atoms in total. The quantitative estimate of drug-likeness (QED) is 0.814. The predicted molar refractivity (Wildman–Crippen MR) is 80.1 cm³/mol. The number of nitrogens with zero attached hydrogens (tertiary/aromatic N) is 3. The summed E-state index contributed by atoms with van der Waals surface area (Å²) in [7, 11) is 0. The first-order valence-corrected chi connectivity index (χ1v) is 7.63. The number of hydrogen-bond acceptors (Lipinski definition) is 3. The van der Waals surface area contributed by atoms with Gasteiger partial charge < -0.3 is 9.30 Å². The second-order valence-electron chi connectivity index (χ2n) is 5.64. The summed E-state index contributed by atoms with van der Waals surface area (Å²) < 4.78 is 7.75. The zero-order valence-corrected chi connectivity index (χ0v) is 12.7. The van der Waals surface area contributed by atoms with E-state index in [1.807, 2.05) is 20.0 Å². The SMILES string of the molecule is Cc1cnc2c(c1)nc(C(C)Cl)n2CC1CCCOC1. The Morgan fingerprint density at radius 1 is 1.55 bits per heavy atom. The fourth-order valence-corrected chi connectivity index (χ4v) is 2.99. The summed E-state index contributed by atoms with van der Waals surface area (Å²) in [6.07, 6.45) is 4.22. The molecule has 1 aliphatic heterocycles. The normalized spacial score (nSPS) is 21.2. The van der Waals surface area contributed by atoms with E-state index in [1.165, 1.54) is 6.42 Å². The highest BCUT2D eigenvalue weighted by Gasteiger charge is 2.21. The number of imidazole rings is 1. The van der Waals surface area contributed by atoms with E-state index in [0.717, 1.165) is 48.7 Å². The van der Waals surface area contributed by atoms with Crippen LogP contribution in [0.3, 0.4) is 0 Å². The average Bonchev–Trinajstić information content (AvgIpc) is 2.78. The molecule has 1 saturated heterocycles. The van der Waals surface area contributed by atoms with Crippen molar-refractivity contribution < 1.29 is 4.74 Å². The van der Waals surface area contributed by atoms with Crippen LogP contribution < -0.4 is 0 Å². The first-order valence-electron chi connectivity index (χ1n) is 7.19. The van der Waals surface area contributed by atoms with Crippen LogP contribution in [-0.2, 0) is 11.3 Å². The molecule has 0 saturated carbocycles. The molecule has 2 unspecified atom stereocenters. The first kappa shape index (κ1) is 13.8. The molecular formula is C15H20ClN3O. The second kappa shape index (κ2) is 5.70. The van der Waals surface area contributed by atoms with Gasteiger partial charge in [-0.25, -0.2) is 9.97 Å². The minimum absolute atomic E-state index is 0.117. The van der Waals surface area contributed by atoms with E-state index in [9.17, 15) is 0 Å². The third-order valence-electron chi connectivity index (χ3n) is 3.80. The molecule has 0 bridgehead atoms. The lowest BCUT2D eigenvalue weighted by atomic mass is 10.0. The van der Waals surface area contributed by atoms with Crippen LogP contribution in [0.15, 0.2) is 12.3 Å². The lowest BCUT2D eigenvalue weighted by Gasteiger charge is -2.23. The smallest absolute Gasteiger partial charge is 0.160 e. The van der Waals surface area contributed by atoms with E-state index in [4.69, 9.17) is 16.3 Å². The van der Waals surface area contributed by atoms with E-state index < -0.39 is 0 Å². The number of pyridine rings is 1. The Morgan fingerprint density at radius 2 is 2.40 bits per heavy atom. The molecule has 3 heterocycles. The van der Waals surface area contributed by atoms with Gasteiger partial charge in [-0.15, -0.1) is 11.6 Å². The van der Waals surface area contributed by atoms with Gasteiger partial charge in [-0.3, -0.25) is 0 Å². The van der Waals surface area contributed by atoms with Gasteiger partial charge in [-0.1, -0.05) is 0 Å². The molecule has 0 spiro atoms. The highest BCUT2D eigenvalue weighted by molar-refractivity contribution is 6.20. The Balaban J connectivity index is 1.99. The van der Waals surface area contributed by atoms with E-state index in [1.54, 1.807) is 0 Å². The van der Waals surface area contributed by atoms with Crippen LogP contribution in [0.5, 0.6) is 0 Å². The van der Waals surface area contributed by atoms with Gasteiger partial charge in [0.1, 0.15) is 11.3 Å². The van der Waals surface area contributed by atoms with Gasteiger partial charge in [0.2, 0.25) is 0 Å². The molecule has 108 valence electrons. The summed E-state index contributed by atoms with van der Waals surface area (Å²) in [5.41, 5.74) is 2.99. The largest absolute Gasteiger partial charge is 0.381 e. The van der Waals surface area contributed by atoms with Crippen LogP contribution in [0.25, 0.3) is 11.2 Å². The molecule has 0 aromatic carbocycles. The van der Waals surface area contributed by atoms with Gasteiger partial charge in [0, 0.05) is 25.3 Å². The van der Waals surface area contributed by atoms with Crippen LogP contribution in [0.2, 0.25) is 0 Å². The Bertz CT molecular complexity index is 602. The van der Waals surface area contributed by atoms with Crippen molar-refractivity contribution >= 4 is 22.8 Å². The molecule has 0 N–H and O–H groups in total. The number of rotatable bonds is 3.